The van der Waals surface area contributed by atoms with Crippen molar-refractivity contribution in [3.05, 3.63) is 50.6 Å². The van der Waals surface area contributed by atoms with Crippen molar-refractivity contribution in [1.82, 2.24) is 14.7 Å². The zero-order chi connectivity index (χ0) is 24.4. The van der Waals surface area contributed by atoms with E-state index in [1.165, 1.54) is 35.2 Å². The van der Waals surface area contributed by atoms with Gasteiger partial charge in [0.1, 0.15) is 4.32 Å². The van der Waals surface area contributed by atoms with E-state index in [0.29, 0.717) is 41.0 Å². The van der Waals surface area contributed by atoms with Crippen LogP contribution in [0.1, 0.15) is 10.4 Å². The number of thiophene rings is 1. The lowest BCUT2D eigenvalue weighted by Gasteiger charge is -2.34. The van der Waals surface area contributed by atoms with E-state index < -0.39 is 17.6 Å². The van der Waals surface area contributed by atoms with Crippen molar-refractivity contribution in [1.29, 1.82) is 0 Å². The lowest BCUT2D eigenvalue weighted by atomic mass is 10.0. The molecule has 180 valence electrons. The van der Waals surface area contributed by atoms with Crippen LogP contribution >= 0.6 is 35.3 Å². The molecule has 2 saturated heterocycles. The maximum atomic E-state index is 13.7. The molecule has 11 heteroatoms. The van der Waals surface area contributed by atoms with Crippen LogP contribution in [0.25, 0.3) is 17.2 Å². The van der Waals surface area contributed by atoms with E-state index in [4.69, 9.17) is 17.3 Å². The quantitative estimate of drug-likeness (QED) is 0.436. The van der Waals surface area contributed by atoms with Crippen LogP contribution < -0.4 is 0 Å². The van der Waals surface area contributed by atoms with Crippen LogP contribution in [0.4, 0.5) is 8.78 Å². The SMILES string of the molecule is Cc1c(-c2ccc(F)c(F)c2)csc1C=C1SC(=S)N(CCN2CCN(CC(=O)O)CC2)C1=O. The minimum absolute atomic E-state index is 0.0489. The first-order chi connectivity index (χ1) is 16.2. The van der Waals surface area contributed by atoms with Crippen molar-refractivity contribution in [2.45, 2.75) is 6.92 Å². The van der Waals surface area contributed by atoms with Gasteiger partial charge in [0.2, 0.25) is 0 Å². The van der Waals surface area contributed by atoms with E-state index in [2.05, 4.69) is 4.90 Å². The minimum Gasteiger partial charge on any atom is -0.480 e. The fraction of sp³-hybridized carbons (Fsp3) is 0.348. The van der Waals surface area contributed by atoms with Crippen LogP contribution in [0.5, 0.6) is 0 Å². The molecule has 0 atom stereocenters. The van der Waals surface area contributed by atoms with Crippen LogP contribution in [0.2, 0.25) is 0 Å². The highest BCUT2D eigenvalue weighted by molar-refractivity contribution is 8.26. The number of amides is 1. The summed E-state index contributed by atoms with van der Waals surface area (Å²) in [6.45, 7) is 5.95. The lowest BCUT2D eigenvalue weighted by Crippen LogP contribution is -2.49. The zero-order valence-corrected chi connectivity index (χ0v) is 20.9. The standard InChI is InChI=1S/C23H23F2N3O3S3/c1-14-16(15-2-3-17(24)18(25)10-15)13-33-19(14)11-20-22(31)28(23(32)34-20)9-8-26-4-6-27(7-5-26)12-21(29)30/h2-3,10-11,13H,4-9,12H2,1H3,(H,29,30). The number of carboxylic acid groups (broad SMARTS) is 1. The largest absolute Gasteiger partial charge is 0.480 e. The molecule has 0 aliphatic carbocycles. The molecule has 2 aliphatic heterocycles. The van der Waals surface area contributed by atoms with E-state index in [1.54, 1.807) is 4.90 Å². The summed E-state index contributed by atoms with van der Waals surface area (Å²) in [7, 11) is 0. The van der Waals surface area contributed by atoms with Gasteiger partial charge in [0, 0.05) is 44.1 Å². The highest BCUT2D eigenvalue weighted by Gasteiger charge is 2.32. The van der Waals surface area contributed by atoms with Gasteiger partial charge in [-0.15, -0.1) is 11.3 Å². The number of hydrogen-bond donors (Lipinski definition) is 1. The van der Waals surface area contributed by atoms with Gasteiger partial charge in [-0.25, -0.2) is 8.78 Å². The third-order valence-electron chi connectivity index (χ3n) is 5.91. The number of rotatable bonds is 7. The number of carboxylic acids is 1. The summed E-state index contributed by atoms with van der Waals surface area (Å²) in [5, 5.41) is 10.8. The Morgan fingerprint density at radius 1 is 1.15 bits per heavy atom. The van der Waals surface area contributed by atoms with Crippen molar-refractivity contribution in [3.8, 4) is 11.1 Å². The number of thioether (sulfide) groups is 1. The third-order valence-corrected chi connectivity index (χ3v) is 8.32. The molecule has 0 unspecified atom stereocenters. The minimum atomic E-state index is -0.895. The Morgan fingerprint density at radius 3 is 2.53 bits per heavy atom. The van der Waals surface area contributed by atoms with Crippen LogP contribution in [0.3, 0.4) is 0 Å². The zero-order valence-electron chi connectivity index (χ0n) is 18.4. The first kappa shape index (κ1) is 24.9. The summed E-state index contributed by atoms with van der Waals surface area (Å²) >= 11 is 8.15. The molecule has 2 aromatic rings. The maximum absolute atomic E-state index is 13.7. The second-order valence-electron chi connectivity index (χ2n) is 8.11. The molecule has 3 heterocycles. The van der Waals surface area contributed by atoms with Crippen molar-refractivity contribution >= 4 is 57.6 Å². The summed E-state index contributed by atoms with van der Waals surface area (Å²) in [5.41, 5.74) is 2.27. The number of thiocarbonyl (C=S) groups is 1. The van der Waals surface area contributed by atoms with E-state index in [9.17, 15) is 18.4 Å². The number of hydrogen-bond acceptors (Lipinski definition) is 7. The highest BCUT2D eigenvalue weighted by atomic mass is 32.2. The average molecular weight is 524 g/mol. The van der Waals surface area contributed by atoms with Gasteiger partial charge in [-0.3, -0.25) is 24.3 Å². The maximum Gasteiger partial charge on any atom is 0.317 e. The molecule has 1 aromatic carbocycles. The normalized spacial score (nSPS) is 18.9. The molecule has 34 heavy (non-hydrogen) atoms. The molecule has 1 amide bonds. The van der Waals surface area contributed by atoms with Gasteiger partial charge in [-0.1, -0.05) is 30.0 Å². The van der Waals surface area contributed by atoms with E-state index in [1.807, 2.05) is 23.3 Å². The molecule has 2 fully saturated rings. The molecule has 0 radical (unpaired) electrons. The van der Waals surface area contributed by atoms with Crippen LogP contribution in [0.15, 0.2) is 28.5 Å². The molecule has 2 aliphatic rings. The van der Waals surface area contributed by atoms with Gasteiger partial charge >= 0.3 is 5.97 Å². The first-order valence-corrected chi connectivity index (χ1v) is 12.8. The van der Waals surface area contributed by atoms with Crippen molar-refractivity contribution in [3.63, 3.8) is 0 Å². The monoisotopic (exact) mass is 523 g/mol. The summed E-state index contributed by atoms with van der Waals surface area (Å²) in [6.07, 6.45) is 1.81. The van der Waals surface area contributed by atoms with E-state index in [-0.39, 0.29) is 12.5 Å². The number of piperazine rings is 1. The summed E-state index contributed by atoms with van der Waals surface area (Å²) in [6, 6.07) is 3.83. The molecule has 4 rings (SSSR count). The number of carbonyl (C=O) groups is 2. The van der Waals surface area contributed by atoms with Crippen molar-refractivity contribution < 1.29 is 23.5 Å². The van der Waals surface area contributed by atoms with Gasteiger partial charge in [0.05, 0.1) is 11.4 Å². The Morgan fingerprint density at radius 2 is 1.85 bits per heavy atom. The van der Waals surface area contributed by atoms with Crippen LogP contribution in [-0.4, -0.2) is 81.8 Å². The molecule has 6 nitrogen and oxygen atoms in total. The Kier molecular flexibility index (Phi) is 7.78. The third kappa shape index (κ3) is 5.55. The molecule has 0 bridgehead atoms. The van der Waals surface area contributed by atoms with Gasteiger partial charge in [-0.05, 0) is 47.2 Å². The van der Waals surface area contributed by atoms with Gasteiger partial charge in [0.15, 0.2) is 11.6 Å². The van der Waals surface area contributed by atoms with E-state index >= 15 is 0 Å². The smallest absolute Gasteiger partial charge is 0.317 e. The Labute approximate surface area is 209 Å². The number of carbonyl (C=O) groups excluding carboxylic acids is 1. The number of nitrogens with zero attached hydrogens (tertiary/aromatic N) is 3. The molecule has 0 saturated carbocycles. The summed E-state index contributed by atoms with van der Waals surface area (Å²) < 4.78 is 27.5. The van der Waals surface area contributed by atoms with Crippen molar-refractivity contribution in [2.75, 3.05) is 45.8 Å². The van der Waals surface area contributed by atoms with Gasteiger partial charge in [-0.2, -0.15) is 0 Å². The summed E-state index contributed by atoms with van der Waals surface area (Å²) in [5.74, 6) is -2.74. The van der Waals surface area contributed by atoms with Crippen LogP contribution in [0, 0.1) is 18.6 Å². The van der Waals surface area contributed by atoms with Crippen LogP contribution in [-0.2, 0) is 9.59 Å². The van der Waals surface area contributed by atoms with Gasteiger partial charge < -0.3 is 5.11 Å². The fourth-order valence-electron chi connectivity index (χ4n) is 3.94. The lowest BCUT2D eigenvalue weighted by molar-refractivity contribution is -0.138. The molecular formula is C23H23F2N3O3S3. The van der Waals surface area contributed by atoms with Crippen molar-refractivity contribution in [2.24, 2.45) is 0 Å². The first-order valence-electron chi connectivity index (χ1n) is 10.7. The second-order valence-corrected chi connectivity index (χ2v) is 10.7. The molecule has 0 spiro atoms. The summed E-state index contributed by atoms with van der Waals surface area (Å²) in [4.78, 5) is 31.0. The fourth-order valence-corrected chi connectivity index (χ4v) is 6.33. The van der Waals surface area contributed by atoms with E-state index in [0.717, 1.165) is 35.2 Å². The molecule has 1 N–H and O–H groups in total. The van der Waals surface area contributed by atoms with Gasteiger partial charge in [0.25, 0.3) is 5.91 Å². The Bertz CT molecular complexity index is 1160. The second kappa shape index (κ2) is 10.6. The average Bonchev–Trinajstić information content (AvgIpc) is 3.28. The topological polar surface area (TPSA) is 64.1 Å². The molecule has 1 aromatic heterocycles. The number of benzene rings is 1. The predicted octanol–water partition coefficient (Wildman–Crippen LogP) is 3.91. The predicted molar refractivity (Wildman–Crippen MR) is 135 cm³/mol. The Hall–Kier alpha value is -2.18. The number of halogens is 2. The highest BCUT2D eigenvalue weighted by Crippen LogP contribution is 2.37. The molecular weight excluding hydrogens is 500 g/mol. The Balaban J connectivity index is 1.39. The number of aliphatic carboxylic acids is 1.